The molecule has 0 N–H and O–H groups in total. The summed E-state index contributed by atoms with van der Waals surface area (Å²) in [5.74, 6) is 1.05. The fourth-order valence-corrected chi connectivity index (χ4v) is 2.62. The molecule has 3 aromatic rings. The highest BCUT2D eigenvalue weighted by molar-refractivity contribution is 6.42. The molecule has 0 bridgehead atoms. The number of allylic oxidation sites excluding steroid dienone is 1. The Morgan fingerprint density at radius 3 is 2.42 bits per heavy atom. The van der Waals surface area contributed by atoms with Crippen LogP contribution < -0.4 is 0 Å². The zero-order chi connectivity index (χ0) is 18.7. The summed E-state index contributed by atoms with van der Waals surface area (Å²) in [4.78, 5) is 10.2. The zero-order valence-electron chi connectivity index (χ0n) is 13.1. The van der Waals surface area contributed by atoms with Crippen molar-refractivity contribution < 1.29 is 9.34 Å². The van der Waals surface area contributed by atoms with Crippen LogP contribution in [0.2, 0.25) is 10.0 Å². The third-order valence-electron chi connectivity index (χ3n) is 3.63. The molecule has 0 aliphatic carbocycles. The standard InChI is InChI=1S/C19H10Cl2N2O3/c20-17-7-3-13(10-18(17)21)19-8-6-16(26-19)9-14(11-22)12-1-4-15(5-2-12)23(24)25/h1-10H/b14-9+. The quantitative estimate of drug-likeness (QED) is 0.303. The zero-order valence-corrected chi connectivity index (χ0v) is 14.7. The summed E-state index contributed by atoms with van der Waals surface area (Å²) in [5, 5.41) is 21.0. The Kier molecular flexibility index (Phi) is 5.08. The van der Waals surface area contributed by atoms with Crippen LogP contribution in [0.25, 0.3) is 23.0 Å². The molecule has 0 radical (unpaired) electrons. The molecule has 0 atom stereocenters. The summed E-state index contributed by atoms with van der Waals surface area (Å²) in [6.07, 6.45) is 1.57. The van der Waals surface area contributed by atoms with Gasteiger partial charge in [-0.2, -0.15) is 5.26 Å². The number of hydrogen-bond donors (Lipinski definition) is 0. The molecule has 0 aliphatic heterocycles. The fraction of sp³-hybridized carbons (Fsp3) is 0. The Hall–Kier alpha value is -3.07. The molecular weight excluding hydrogens is 375 g/mol. The van der Waals surface area contributed by atoms with Crippen molar-refractivity contribution in [1.82, 2.24) is 0 Å². The van der Waals surface area contributed by atoms with E-state index in [2.05, 4.69) is 6.07 Å². The monoisotopic (exact) mass is 384 g/mol. The van der Waals surface area contributed by atoms with E-state index in [1.165, 1.54) is 24.3 Å². The first-order chi connectivity index (χ1) is 12.5. The summed E-state index contributed by atoms with van der Waals surface area (Å²) in [7, 11) is 0. The van der Waals surface area contributed by atoms with Gasteiger partial charge in [0, 0.05) is 17.7 Å². The summed E-state index contributed by atoms with van der Waals surface area (Å²) >= 11 is 11.9. The number of non-ortho nitro benzene ring substituents is 1. The maximum absolute atomic E-state index is 10.7. The number of rotatable bonds is 4. The lowest BCUT2D eigenvalue weighted by Gasteiger charge is -2.00. The van der Waals surface area contributed by atoms with Crippen LogP contribution in [0.3, 0.4) is 0 Å². The highest BCUT2D eigenvalue weighted by Gasteiger charge is 2.10. The molecule has 1 aromatic heterocycles. The average Bonchev–Trinajstić information content (AvgIpc) is 3.10. The van der Waals surface area contributed by atoms with Crippen LogP contribution in [0.4, 0.5) is 5.69 Å². The number of benzene rings is 2. The molecule has 0 fully saturated rings. The van der Waals surface area contributed by atoms with Crippen molar-refractivity contribution >= 4 is 40.5 Å². The van der Waals surface area contributed by atoms with Gasteiger partial charge in [-0.25, -0.2) is 0 Å². The number of nitrogens with zero attached hydrogens (tertiary/aromatic N) is 2. The van der Waals surface area contributed by atoms with Crippen molar-refractivity contribution in [1.29, 1.82) is 5.26 Å². The molecule has 0 saturated carbocycles. The van der Waals surface area contributed by atoms with E-state index in [4.69, 9.17) is 27.6 Å². The van der Waals surface area contributed by atoms with E-state index in [1.54, 1.807) is 36.4 Å². The summed E-state index contributed by atoms with van der Waals surface area (Å²) in [6, 6.07) is 16.5. The van der Waals surface area contributed by atoms with Crippen molar-refractivity contribution in [3.05, 3.63) is 86.1 Å². The molecule has 1 heterocycles. The second-order valence-electron chi connectivity index (χ2n) is 5.30. The van der Waals surface area contributed by atoms with E-state index in [9.17, 15) is 15.4 Å². The van der Waals surface area contributed by atoms with Gasteiger partial charge in [-0.1, -0.05) is 23.2 Å². The van der Waals surface area contributed by atoms with Gasteiger partial charge in [0.25, 0.3) is 5.69 Å². The molecular formula is C19H10Cl2N2O3. The maximum atomic E-state index is 10.7. The van der Waals surface area contributed by atoms with Gasteiger partial charge in [0.2, 0.25) is 0 Å². The highest BCUT2D eigenvalue weighted by Crippen LogP contribution is 2.30. The normalized spacial score (nSPS) is 11.2. The fourth-order valence-electron chi connectivity index (χ4n) is 2.32. The molecule has 3 rings (SSSR count). The number of furan rings is 1. The lowest BCUT2D eigenvalue weighted by Crippen LogP contribution is -1.88. The Bertz CT molecular complexity index is 1050. The van der Waals surface area contributed by atoms with Gasteiger partial charge in [0.05, 0.1) is 26.6 Å². The van der Waals surface area contributed by atoms with E-state index in [1.807, 2.05) is 0 Å². The van der Waals surface area contributed by atoms with Crippen molar-refractivity contribution in [3.63, 3.8) is 0 Å². The minimum atomic E-state index is -0.490. The number of halogens is 2. The highest BCUT2D eigenvalue weighted by atomic mass is 35.5. The van der Waals surface area contributed by atoms with Crippen molar-refractivity contribution in [2.75, 3.05) is 0 Å². The van der Waals surface area contributed by atoms with Crippen molar-refractivity contribution in [2.24, 2.45) is 0 Å². The van der Waals surface area contributed by atoms with Gasteiger partial charge in [-0.3, -0.25) is 10.1 Å². The molecule has 0 amide bonds. The predicted molar refractivity (Wildman–Crippen MR) is 101 cm³/mol. The molecule has 0 spiro atoms. The molecule has 128 valence electrons. The second kappa shape index (κ2) is 7.44. The number of nitriles is 1. The number of hydrogen-bond acceptors (Lipinski definition) is 4. The SMILES string of the molecule is N#C/C(=C\c1ccc(-c2ccc(Cl)c(Cl)c2)o1)c1ccc([N+](=O)[O-])cc1. The summed E-state index contributed by atoms with van der Waals surface area (Å²) < 4.78 is 5.74. The average molecular weight is 385 g/mol. The van der Waals surface area contributed by atoms with E-state index in [-0.39, 0.29) is 5.69 Å². The van der Waals surface area contributed by atoms with Crippen LogP contribution in [0.1, 0.15) is 11.3 Å². The van der Waals surface area contributed by atoms with Crippen molar-refractivity contribution in [2.45, 2.75) is 0 Å². The minimum Gasteiger partial charge on any atom is -0.457 e. The topological polar surface area (TPSA) is 80.1 Å². The van der Waals surface area contributed by atoms with Gasteiger partial charge in [0.15, 0.2) is 0 Å². The van der Waals surface area contributed by atoms with E-state index < -0.39 is 4.92 Å². The third kappa shape index (κ3) is 3.77. The Morgan fingerprint density at radius 2 is 1.81 bits per heavy atom. The van der Waals surface area contributed by atoms with E-state index in [0.717, 1.165) is 5.56 Å². The molecule has 26 heavy (non-hydrogen) atoms. The van der Waals surface area contributed by atoms with Gasteiger partial charge in [0.1, 0.15) is 11.5 Å². The molecule has 5 nitrogen and oxygen atoms in total. The lowest BCUT2D eigenvalue weighted by molar-refractivity contribution is -0.384. The first-order valence-corrected chi connectivity index (χ1v) is 8.15. The van der Waals surface area contributed by atoms with Crippen LogP contribution in [-0.4, -0.2) is 4.92 Å². The lowest BCUT2D eigenvalue weighted by atomic mass is 10.1. The maximum Gasteiger partial charge on any atom is 0.269 e. The van der Waals surface area contributed by atoms with Gasteiger partial charge < -0.3 is 4.42 Å². The number of nitro benzene ring substituents is 1. The summed E-state index contributed by atoms with van der Waals surface area (Å²) in [6.45, 7) is 0. The number of nitro groups is 1. The minimum absolute atomic E-state index is 0.0362. The Labute approximate surface area is 158 Å². The van der Waals surface area contributed by atoms with Crippen LogP contribution in [0.5, 0.6) is 0 Å². The predicted octanol–water partition coefficient (Wildman–Crippen LogP) is 6.23. The van der Waals surface area contributed by atoms with Crippen LogP contribution >= 0.6 is 23.2 Å². The molecule has 2 aromatic carbocycles. The first kappa shape index (κ1) is 17.7. The van der Waals surface area contributed by atoms with Crippen LogP contribution in [0.15, 0.2) is 59.0 Å². The van der Waals surface area contributed by atoms with Gasteiger partial charge in [-0.15, -0.1) is 0 Å². The Balaban J connectivity index is 1.91. The molecule has 7 heteroatoms. The van der Waals surface area contributed by atoms with E-state index >= 15 is 0 Å². The second-order valence-corrected chi connectivity index (χ2v) is 6.12. The third-order valence-corrected chi connectivity index (χ3v) is 4.37. The van der Waals surface area contributed by atoms with Crippen LogP contribution in [-0.2, 0) is 0 Å². The molecule has 0 saturated heterocycles. The van der Waals surface area contributed by atoms with Gasteiger partial charge in [-0.05, 0) is 54.1 Å². The van der Waals surface area contributed by atoms with E-state index in [0.29, 0.717) is 32.7 Å². The van der Waals surface area contributed by atoms with Gasteiger partial charge >= 0.3 is 0 Å². The largest absolute Gasteiger partial charge is 0.457 e. The van der Waals surface area contributed by atoms with Crippen LogP contribution in [0, 0.1) is 21.4 Å². The molecule has 0 unspecified atom stereocenters. The Morgan fingerprint density at radius 1 is 1.08 bits per heavy atom. The smallest absolute Gasteiger partial charge is 0.269 e. The first-order valence-electron chi connectivity index (χ1n) is 7.40. The summed E-state index contributed by atoms with van der Waals surface area (Å²) in [5.41, 5.74) is 1.61. The van der Waals surface area contributed by atoms with Crippen molar-refractivity contribution in [3.8, 4) is 17.4 Å². The molecule has 0 aliphatic rings.